The highest BCUT2D eigenvalue weighted by Crippen LogP contribution is 2.27. The molecule has 1 fully saturated rings. The largest absolute Gasteiger partial charge is 0.340 e. The third kappa shape index (κ3) is 5.21. The van der Waals surface area contributed by atoms with Gasteiger partial charge in [-0.25, -0.2) is 14.8 Å². The molecule has 2 atom stereocenters. The molecule has 0 bridgehead atoms. The summed E-state index contributed by atoms with van der Waals surface area (Å²) in [5.41, 5.74) is 6.05. The van der Waals surface area contributed by atoms with E-state index in [4.69, 9.17) is 17.3 Å². The molecule has 2 rings (SSSR count). The van der Waals surface area contributed by atoms with Crippen LogP contribution in [0.4, 0.5) is 16.2 Å². The lowest BCUT2D eigenvalue weighted by atomic mass is 9.99. The number of nitrogens with one attached hydrogen (secondary N) is 1. The summed E-state index contributed by atoms with van der Waals surface area (Å²) in [6.07, 6.45) is 1.40. The highest BCUT2D eigenvalue weighted by molar-refractivity contribution is 6.33. The van der Waals surface area contributed by atoms with Crippen molar-refractivity contribution < 1.29 is 14.5 Å². The standard InChI is InChI=1S/C16H22ClN5O4.ClH/c1-3-10(2)14(18)15(23)20-7-4-8-21(20)16(24)19-11-5-6-13(22(25)26)12(17)9-11;/h5-6,9-10,14H,3-4,7-8,18H2,1-2H3,(H,19,24);1H/t10?,14-;/m0./s1. The normalized spacial score (nSPS) is 15.7. The van der Waals surface area contributed by atoms with Crippen molar-refractivity contribution in [3.63, 3.8) is 0 Å². The van der Waals surface area contributed by atoms with E-state index in [1.54, 1.807) is 0 Å². The number of hydrogen-bond acceptors (Lipinski definition) is 5. The molecular weight excluding hydrogens is 397 g/mol. The van der Waals surface area contributed by atoms with Crippen LogP contribution in [0.15, 0.2) is 18.2 Å². The third-order valence-corrected chi connectivity index (χ3v) is 4.76. The van der Waals surface area contributed by atoms with Crippen LogP contribution in [0.25, 0.3) is 0 Å². The topological polar surface area (TPSA) is 122 Å². The zero-order valence-corrected chi connectivity index (χ0v) is 16.6. The molecule has 3 N–H and O–H groups in total. The van der Waals surface area contributed by atoms with Gasteiger partial charge in [-0.05, 0) is 24.5 Å². The number of hydrazine groups is 1. The zero-order chi connectivity index (χ0) is 19.4. The fraction of sp³-hybridized carbons (Fsp3) is 0.500. The molecule has 0 saturated carbocycles. The van der Waals surface area contributed by atoms with Crippen LogP contribution >= 0.6 is 24.0 Å². The van der Waals surface area contributed by atoms with Crippen molar-refractivity contribution in [1.82, 2.24) is 10.0 Å². The maximum atomic E-state index is 12.6. The van der Waals surface area contributed by atoms with Crippen LogP contribution in [0.1, 0.15) is 26.7 Å². The first-order valence-corrected chi connectivity index (χ1v) is 8.73. The molecule has 0 aliphatic carbocycles. The van der Waals surface area contributed by atoms with Gasteiger partial charge in [0.25, 0.3) is 11.6 Å². The van der Waals surface area contributed by atoms with Crippen LogP contribution in [0, 0.1) is 16.0 Å². The maximum absolute atomic E-state index is 12.6. The minimum Gasteiger partial charge on any atom is -0.320 e. The molecule has 11 heteroatoms. The van der Waals surface area contributed by atoms with Crippen LogP contribution in [0.3, 0.4) is 0 Å². The van der Waals surface area contributed by atoms with E-state index < -0.39 is 17.0 Å². The number of nitrogens with two attached hydrogens (primary N) is 1. The number of urea groups is 1. The number of nitro groups is 1. The number of nitro benzene ring substituents is 1. The van der Waals surface area contributed by atoms with E-state index in [0.717, 1.165) is 6.42 Å². The number of amides is 3. The number of hydrogen-bond donors (Lipinski definition) is 2. The molecule has 9 nitrogen and oxygen atoms in total. The van der Waals surface area contributed by atoms with Gasteiger partial charge in [-0.15, -0.1) is 12.4 Å². The van der Waals surface area contributed by atoms with Gasteiger partial charge in [0.1, 0.15) is 5.02 Å². The highest BCUT2D eigenvalue weighted by Gasteiger charge is 2.35. The Balaban J connectivity index is 0.00000364. The summed E-state index contributed by atoms with van der Waals surface area (Å²) in [5, 5.41) is 16.0. The molecule has 1 aromatic rings. The van der Waals surface area contributed by atoms with Crippen molar-refractivity contribution in [2.75, 3.05) is 18.4 Å². The van der Waals surface area contributed by atoms with Crippen LogP contribution in [0.2, 0.25) is 5.02 Å². The summed E-state index contributed by atoms with van der Waals surface area (Å²) < 4.78 is 0. The van der Waals surface area contributed by atoms with Crippen molar-refractivity contribution in [1.29, 1.82) is 0 Å². The van der Waals surface area contributed by atoms with Crippen molar-refractivity contribution in [2.24, 2.45) is 11.7 Å². The van der Waals surface area contributed by atoms with Crippen molar-refractivity contribution >= 4 is 47.3 Å². The molecule has 0 radical (unpaired) electrons. The average molecular weight is 420 g/mol. The Kier molecular flexibility index (Phi) is 8.26. The second-order valence-electron chi connectivity index (χ2n) is 6.20. The van der Waals surface area contributed by atoms with E-state index in [1.165, 1.54) is 28.2 Å². The highest BCUT2D eigenvalue weighted by atomic mass is 35.5. The number of carbonyl (C=O) groups is 2. The zero-order valence-electron chi connectivity index (χ0n) is 15.1. The summed E-state index contributed by atoms with van der Waals surface area (Å²) in [4.78, 5) is 35.3. The molecule has 0 spiro atoms. The smallest absolute Gasteiger partial charge is 0.320 e. The number of rotatable bonds is 5. The summed E-state index contributed by atoms with van der Waals surface area (Å²) >= 11 is 5.85. The fourth-order valence-electron chi connectivity index (χ4n) is 2.64. The Morgan fingerprint density at radius 1 is 1.37 bits per heavy atom. The Labute approximate surface area is 168 Å². The van der Waals surface area contributed by atoms with Crippen LogP contribution in [-0.2, 0) is 4.79 Å². The van der Waals surface area contributed by atoms with E-state index in [2.05, 4.69) is 5.32 Å². The van der Waals surface area contributed by atoms with Crippen molar-refractivity contribution in [3.05, 3.63) is 33.3 Å². The second kappa shape index (κ2) is 9.72. The predicted octanol–water partition coefficient (Wildman–Crippen LogP) is 3.02. The minimum absolute atomic E-state index is 0. The SMILES string of the molecule is CCC(C)[C@H](N)C(=O)N1CCCN1C(=O)Nc1ccc([N+](=O)[O-])c(Cl)c1.Cl. The second-order valence-corrected chi connectivity index (χ2v) is 6.61. The van der Waals surface area contributed by atoms with Gasteiger partial charge < -0.3 is 11.1 Å². The van der Waals surface area contributed by atoms with Gasteiger partial charge in [0, 0.05) is 24.8 Å². The molecular formula is C16H23Cl2N5O4. The molecule has 3 amide bonds. The fourth-order valence-corrected chi connectivity index (χ4v) is 2.89. The first-order valence-electron chi connectivity index (χ1n) is 8.35. The van der Waals surface area contributed by atoms with Gasteiger partial charge in [-0.2, -0.15) is 0 Å². The predicted molar refractivity (Wildman–Crippen MR) is 105 cm³/mol. The van der Waals surface area contributed by atoms with Crippen molar-refractivity contribution in [3.8, 4) is 0 Å². The van der Waals surface area contributed by atoms with Gasteiger partial charge in [-0.3, -0.25) is 14.9 Å². The molecule has 1 saturated heterocycles. The van der Waals surface area contributed by atoms with E-state index in [-0.39, 0.29) is 34.9 Å². The Morgan fingerprint density at radius 2 is 2.00 bits per heavy atom. The number of carbonyl (C=O) groups excluding carboxylic acids is 2. The van der Waals surface area contributed by atoms with E-state index in [1.807, 2.05) is 13.8 Å². The molecule has 0 aromatic heterocycles. The van der Waals surface area contributed by atoms with Crippen molar-refractivity contribution in [2.45, 2.75) is 32.7 Å². The minimum atomic E-state index is -0.679. The van der Waals surface area contributed by atoms with E-state index in [0.29, 0.717) is 25.2 Å². The summed E-state index contributed by atoms with van der Waals surface area (Å²) in [6.45, 7) is 4.63. The van der Waals surface area contributed by atoms with E-state index in [9.17, 15) is 19.7 Å². The van der Waals surface area contributed by atoms with Gasteiger partial charge in [0.05, 0.1) is 11.0 Å². The quantitative estimate of drug-likeness (QED) is 0.560. The van der Waals surface area contributed by atoms with Crippen LogP contribution < -0.4 is 11.1 Å². The van der Waals surface area contributed by atoms with E-state index >= 15 is 0 Å². The first kappa shape index (κ1) is 22.9. The molecule has 1 heterocycles. The molecule has 1 aliphatic rings. The lowest BCUT2D eigenvalue weighted by molar-refractivity contribution is -0.384. The lowest BCUT2D eigenvalue weighted by Crippen LogP contribution is -2.53. The van der Waals surface area contributed by atoms with Gasteiger partial charge in [0.15, 0.2) is 0 Å². The Morgan fingerprint density at radius 3 is 2.56 bits per heavy atom. The molecule has 1 aromatic carbocycles. The number of nitrogens with zero attached hydrogens (tertiary/aromatic N) is 3. The number of benzene rings is 1. The Bertz CT molecular complexity index is 718. The number of anilines is 1. The first-order chi connectivity index (χ1) is 12.3. The molecule has 150 valence electrons. The maximum Gasteiger partial charge on any atom is 0.340 e. The molecule has 1 unspecified atom stereocenters. The summed E-state index contributed by atoms with van der Waals surface area (Å²) in [5.74, 6) is -0.296. The van der Waals surface area contributed by atoms with Gasteiger partial charge in [0.2, 0.25) is 0 Å². The lowest BCUT2D eigenvalue weighted by Gasteiger charge is -2.31. The molecule has 27 heavy (non-hydrogen) atoms. The molecule has 1 aliphatic heterocycles. The van der Waals surface area contributed by atoms with Crippen LogP contribution in [0.5, 0.6) is 0 Å². The number of halogens is 2. The average Bonchev–Trinajstić information content (AvgIpc) is 3.09. The third-order valence-electron chi connectivity index (χ3n) is 4.46. The Hall–Kier alpha value is -2.10. The summed E-state index contributed by atoms with van der Waals surface area (Å²) in [6, 6.07) is 2.70. The monoisotopic (exact) mass is 419 g/mol. The summed E-state index contributed by atoms with van der Waals surface area (Å²) in [7, 11) is 0. The van der Waals surface area contributed by atoms with Crippen LogP contribution in [-0.4, -0.2) is 46.0 Å². The van der Waals surface area contributed by atoms with Gasteiger partial charge in [-0.1, -0.05) is 31.9 Å². The van der Waals surface area contributed by atoms with Gasteiger partial charge >= 0.3 is 6.03 Å².